The minimum Gasteiger partial charge on any atom is -0.366 e. The Kier molecular flexibility index (Phi) is 2.42. The van der Waals surface area contributed by atoms with Crippen LogP contribution in [0.3, 0.4) is 0 Å². The topological polar surface area (TPSA) is 73.3 Å². The van der Waals surface area contributed by atoms with Gasteiger partial charge in [0.2, 0.25) is 5.91 Å². The van der Waals surface area contributed by atoms with Gasteiger partial charge in [-0.3, -0.25) is 9.20 Å². The summed E-state index contributed by atoms with van der Waals surface area (Å²) >= 11 is 0. The van der Waals surface area contributed by atoms with E-state index in [0.717, 1.165) is 24.4 Å². The van der Waals surface area contributed by atoms with Crippen LogP contribution in [0, 0.1) is 0 Å². The zero-order chi connectivity index (χ0) is 13.8. The van der Waals surface area contributed by atoms with Gasteiger partial charge < -0.3 is 5.73 Å². The molecule has 1 aliphatic rings. The Hall–Kier alpha value is -1.91. The van der Waals surface area contributed by atoms with Crippen molar-refractivity contribution in [2.75, 3.05) is 0 Å². The number of nitrogens with two attached hydrogens (primary N) is 1. The summed E-state index contributed by atoms with van der Waals surface area (Å²) in [6.45, 7) is 6.34. The molecular weight excluding hydrogens is 240 g/mol. The van der Waals surface area contributed by atoms with E-state index in [0.29, 0.717) is 17.1 Å². The van der Waals surface area contributed by atoms with Crippen molar-refractivity contribution >= 4 is 11.6 Å². The van der Waals surface area contributed by atoms with Crippen molar-refractivity contribution in [3.05, 3.63) is 29.2 Å². The minimum atomic E-state index is -0.412. The molecule has 3 rings (SSSR count). The Morgan fingerprint density at radius 2 is 2.00 bits per heavy atom. The number of primary amides is 1. The molecule has 1 fully saturated rings. The van der Waals surface area contributed by atoms with Crippen LogP contribution in [0.1, 0.15) is 61.4 Å². The first-order valence-electron chi connectivity index (χ1n) is 6.57. The molecule has 0 unspecified atom stereocenters. The molecule has 0 aliphatic heterocycles. The van der Waals surface area contributed by atoms with Gasteiger partial charge in [-0.1, -0.05) is 20.8 Å². The van der Waals surface area contributed by atoms with E-state index in [1.807, 2.05) is 6.07 Å². The fraction of sp³-hybridized carbons (Fsp3) is 0.500. The lowest BCUT2D eigenvalue weighted by atomic mass is 9.95. The standard InChI is InChI=1S/C14H18N4O/c1-14(2,3)13-17-16-11-7-9(12(15)19)6-10(18(11)13)8-4-5-8/h6-8H,4-5H2,1-3H3,(H2,15,19). The molecule has 1 saturated carbocycles. The van der Waals surface area contributed by atoms with Crippen molar-refractivity contribution in [3.8, 4) is 0 Å². The van der Waals surface area contributed by atoms with E-state index in [1.165, 1.54) is 0 Å². The van der Waals surface area contributed by atoms with Crippen molar-refractivity contribution in [1.29, 1.82) is 0 Å². The quantitative estimate of drug-likeness (QED) is 0.895. The van der Waals surface area contributed by atoms with Gasteiger partial charge in [0, 0.05) is 16.7 Å². The Morgan fingerprint density at radius 3 is 2.53 bits per heavy atom. The van der Waals surface area contributed by atoms with Crippen LogP contribution in [0.15, 0.2) is 12.1 Å². The third-order valence-electron chi connectivity index (χ3n) is 3.49. The highest BCUT2D eigenvalue weighted by Crippen LogP contribution is 2.41. The highest BCUT2D eigenvalue weighted by Gasteiger charge is 2.30. The number of rotatable bonds is 2. The Labute approximate surface area is 111 Å². The third-order valence-corrected chi connectivity index (χ3v) is 3.49. The lowest BCUT2D eigenvalue weighted by molar-refractivity contribution is 0.1000. The van der Waals surface area contributed by atoms with Crippen LogP contribution in [0.25, 0.3) is 5.65 Å². The van der Waals surface area contributed by atoms with E-state index in [-0.39, 0.29) is 5.41 Å². The molecule has 2 heterocycles. The molecule has 0 saturated heterocycles. The molecule has 1 aliphatic carbocycles. The molecule has 2 aromatic rings. The van der Waals surface area contributed by atoms with Crippen LogP contribution in [0.5, 0.6) is 0 Å². The third kappa shape index (κ3) is 1.99. The number of amides is 1. The molecule has 5 heteroatoms. The first-order valence-corrected chi connectivity index (χ1v) is 6.57. The molecule has 0 radical (unpaired) electrons. The number of fused-ring (bicyclic) bond motifs is 1. The van der Waals surface area contributed by atoms with Crippen molar-refractivity contribution in [3.63, 3.8) is 0 Å². The number of aromatic nitrogens is 3. The van der Waals surface area contributed by atoms with E-state index >= 15 is 0 Å². The zero-order valence-electron chi connectivity index (χ0n) is 11.5. The fourth-order valence-electron chi connectivity index (χ4n) is 2.36. The molecule has 0 atom stereocenters. The van der Waals surface area contributed by atoms with Crippen molar-refractivity contribution in [1.82, 2.24) is 14.6 Å². The largest absolute Gasteiger partial charge is 0.366 e. The molecule has 5 nitrogen and oxygen atoms in total. The number of carbonyl (C=O) groups is 1. The van der Waals surface area contributed by atoms with Gasteiger partial charge in [0.25, 0.3) is 0 Å². The molecule has 0 spiro atoms. The molecule has 100 valence electrons. The second-order valence-electron chi connectivity index (χ2n) is 6.27. The Morgan fingerprint density at radius 1 is 1.32 bits per heavy atom. The summed E-state index contributed by atoms with van der Waals surface area (Å²) in [4.78, 5) is 11.4. The number of pyridine rings is 1. The molecular formula is C14H18N4O. The summed E-state index contributed by atoms with van der Waals surface area (Å²) in [5.74, 6) is 1.02. The zero-order valence-corrected chi connectivity index (χ0v) is 11.5. The molecule has 2 N–H and O–H groups in total. The highest BCUT2D eigenvalue weighted by atomic mass is 16.1. The van der Waals surface area contributed by atoms with Gasteiger partial charge in [0.05, 0.1) is 0 Å². The van der Waals surface area contributed by atoms with Crippen LogP contribution in [-0.2, 0) is 5.41 Å². The SMILES string of the molecule is CC(C)(C)c1nnc2cc(C(N)=O)cc(C3CC3)n12. The normalized spacial score (nSPS) is 15.9. The highest BCUT2D eigenvalue weighted by molar-refractivity contribution is 5.94. The van der Waals surface area contributed by atoms with Gasteiger partial charge in [-0.25, -0.2) is 0 Å². The first-order chi connectivity index (χ1) is 8.88. The lowest BCUT2D eigenvalue weighted by Crippen LogP contribution is -2.18. The van der Waals surface area contributed by atoms with Gasteiger partial charge in [-0.15, -0.1) is 10.2 Å². The minimum absolute atomic E-state index is 0.0860. The summed E-state index contributed by atoms with van der Waals surface area (Å²) in [6, 6.07) is 3.61. The van der Waals surface area contributed by atoms with Crippen molar-refractivity contribution in [2.24, 2.45) is 5.73 Å². The Balaban J connectivity index is 2.31. The maximum absolute atomic E-state index is 11.4. The summed E-state index contributed by atoms with van der Waals surface area (Å²) in [5.41, 5.74) is 7.64. The fourth-order valence-corrected chi connectivity index (χ4v) is 2.36. The molecule has 19 heavy (non-hydrogen) atoms. The second-order valence-corrected chi connectivity index (χ2v) is 6.27. The Bertz CT molecular complexity index is 662. The van der Waals surface area contributed by atoms with Gasteiger partial charge in [-0.2, -0.15) is 0 Å². The predicted octanol–water partition coefficient (Wildman–Crippen LogP) is 2.00. The smallest absolute Gasteiger partial charge is 0.248 e. The lowest BCUT2D eigenvalue weighted by Gasteiger charge is -2.18. The van der Waals surface area contributed by atoms with Crippen LogP contribution in [-0.4, -0.2) is 20.5 Å². The number of carbonyl (C=O) groups excluding carboxylic acids is 1. The van der Waals surface area contributed by atoms with Crippen molar-refractivity contribution < 1.29 is 4.79 Å². The summed E-state index contributed by atoms with van der Waals surface area (Å²) < 4.78 is 2.09. The van der Waals surface area contributed by atoms with Crippen LogP contribution >= 0.6 is 0 Å². The molecule has 0 bridgehead atoms. The monoisotopic (exact) mass is 258 g/mol. The van der Waals surface area contributed by atoms with Crippen LogP contribution < -0.4 is 5.73 Å². The second kappa shape index (κ2) is 3.79. The molecule has 0 aromatic carbocycles. The molecule has 2 aromatic heterocycles. The maximum Gasteiger partial charge on any atom is 0.248 e. The van der Waals surface area contributed by atoms with E-state index < -0.39 is 5.91 Å². The summed E-state index contributed by atoms with van der Waals surface area (Å²) in [5, 5.41) is 8.50. The van der Waals surface area contributed by atoms with E-state index in [4.69, 9.17) is 5.73 Å². The average Bonchev–Trinajstić information content (AvgIpc) is 3.04. The van der Waals surface area contributed by atoms with Gasteiger partial charge in [0.15, 0.2) is 5.65 Å². The van der Waals surface area contributed by atoms with E-state index in [9.17, 15) is 4.79 Å². The number of hydrogen-bond donors (Lipinski definition) is 1. The number of hydrogen-bond acceptors (Lipinski definition) is 3. The van der Waals surface area contributed by atoms with Crippen LogP contribution in [0.2, 0.25) is 0 Å². The molecule has 1 amide bonds. The number of nitrogens with zero attached hydrogens (tertiary/aromatic N) is 3. The maximum atomic E-state index is 11.4. The van der Waals surface area contributed by atoms with E-state index in [2.05, 4.69) is 35.4 Å². The summed E-state index contributed by atoms with van der Waals surface area (Å²) in [7, 11) is 0. The predicted molar refractivity (Wildman–Crippen MR) is 72.2 cm³/mol. The van der Waals surface area contributed by atoms with E-state index in [1.54, 1.807) is 6.07 Å². The van der Waals surface area contributed by atoms with Crippen LogP contribution in [0.4, 0.5) is 0 Å². The average molecular weight is 258 g/mol. The summed E-state index contributed by atoms with van der Waals surface area (Å²) in [6.07, 6.45) is 2.30. The first kappa shape index (κ1) is 12.1. The van der Waals surface area contributed by atoms with Gasteiger partial charge in [-0.05, 0) is 30.9 Å². The van der Waals surface area contributed by atoms with Crippen molar-refractivity contribution in [2.45, 2.75) is 44.9 Å². The van der Waals surface area contributed by atoms with Gasteiger partial charge in [0.1, 0.15) is 5.82 Å². The van der Waals surface area contributed by atoms with Gasteiger partial charge >= 0.3 is 0 Å².